The normalized spacial score (nSPS) is 11.8. The monoisotopic (exact) mass is 282 g/mol. The van der Waals surface area contributed by atoms with Crippen LogP contribution in [0.25, 0.3) is 0 Å². The molecule has 0 bridgehead atoms. The highest BCUT2D eigenvalue weighted by atomic mass is 16.5. The summed E-state index contributed by atoms with van der Waals surface area (Å²) < 4.78 is 9.88. The molecule has 1 unspecified atom stereocenters. The minimum absolute atomic E-state index is 0.175. The second kappa shape index (κ2) is 7.49. The van der Waals surface area contributed by atoms with Crippen LogP contribution in [-0.2, 0) is 20.7 Å². The van der Waals surface area contributed by atoms with Crippen LogP contribution in [0.1, 0.15) is 30.6 Å². The van der Waals surface area contributed by atoms with Crippen LogP contribution in [0.2, 0.25) is 0 Å². The molecule has 1 aromatic rings. The fourth-order valence-electron chi connectivity index (χ4n) is 1.73. The molecular formula is C14H18O6. The highest BCUT2D eigenvalue weighted by Gasteiger charge is 2.18. The third-order valence-electron chi connectivity index (χ3n) is 2.69. The third-order valence-corrected chi connectivity index (χ3v) is 2.69. The quantitative estimate of drug-likeness (QED) is 0.732. The number of hydrogen-bond donors (Lipinski definition) is 2. The summed E-state index contributed by atoms with van der Waals surface area (Å²) in [6, 6.07) is 4.73. The van der Waals surface area contributed by atoms with Crippen LogP contribution in [0.3, 0.4) is 0 Å². The summed E-state index contributed by atoms with van der Waals surface area (Å²) in [5, 5.41) is 18.4. The number of aliphatic hydroxyl groups excluding tert-OH is 1. The van der Waals surface area contributed by atoms with Crippen molar-refractivity contribution in [2.75, 3.05) is 13.7 Å². The van der Waals surface area contributed by atoms with Crippen LogP contribution in [0.4, 0.5) is 0 Å². The molecule has 0 heterocycles. The fraction of sp³-hybridized carbons (Fsp3) is 0.429. The van der Waals surface area contributed by atoms with Gasteiger partial charge in [0, 0.05) is 6.42 Å². The number of aliphatic hydroxyl groups is 1. The van der Waals surface area contributed by atoms with Crippen molar-refractivity contribution in [2.45, 2.75) is 25.9 Å². The Morgan fingerprint density at radius 3 is 2.55 bits per heavy atom. The van der Waals surface area contributed by atoms with Crippen molar-refractivity contribution in [3.63, 3.8) is 0 Å². The van der Waals surface area contributed by atoms with E-state index in [0.29, 0.717) is 24.3 Å². The number of esters is 1. The molecule has 0 amide bonds. The van der Waals surface area contributed by atoms with Crippen LogP contribution in [-0.4, -0.2) is 35.9 Å². The fourth-order valence-corrected chi connectivity index (χ4v) is 1.73. The number of carbonyl (C=O) groups is 2. The first-order valence-electron chi connectivity index (χ1n) is 6.22. The van der Waals surface area contributed by atoms with Gasteiger partial charge in [-0.1, -0.05) is 6.07 Å². The Labute approximate surface area is 116 Å². The smallest absolute Gasteiger partial charge is 0.337 e. The van der Waals surface area contributed by atoms with Gasteiger partial charge in [0.05, 0.1) is 13.7 Å². The zero-order valence-electron chi connectivity index (χ0n) is 11.5. The highest BCUT2D eigenvalue weighted by Crippen LogP contribution is 2.23. The zero-order chi connectivity index (χ0) is 15.1. The van der Waals surface area contributed by atoms with Gasteiger partial charge in [-0.3, -0.25) is 4.79 Å². The first-order valence-corrected chi connectivity index (χ1v) is 6.22. The minimum Gasteiger partial charge on any atom is -0.494 e. The van der Waals surface area contributed by atoms with Gasteiger partial charge < -0.3 is 19.7 Å². The van der Waals surface area contributed by atoms with Gasteiger partial charge in [0.2, 0.25) is 0 Å². The van der Waals surface area contributed by atoms with Crippen molar-refractivity contribution in [2.24, 2.45) is 0 Å². The predicted molar refractivity (Wildman–Crippen MR) is 70.5 cm³/mol. The number of carbonyl (C=O) groups excluding carboxylic acids is 1. The number of ether oxygens (including phenoxy) is 2. The van der Waals surface area contributed by atoms with E-state index in [2.05, 4.69) is 4.74 Å². The number of hydrogen-bond acceptors (Lipinski definition) is 5. The molecule has 1 atom stereocenters. The second-order valence-corrected chi connectivity index (χ2v) is 4.16. The second-order valence-electron chi connectivity index (χ2n) is 4.16. The Bertz CT molecular complexity index is 483. The maximum atomic E-state index is 11.1. The summed E-state index contributed by atoms with van der Waals surface area (Å²) in [7, 11) is 1.30. The Kier molecular flexibility index (Phi) is 5.99. The van der Waals surface area contributed by atoms with Crippen LogP contribution in [0.15, 0.2) is 18.2 Å². The van der Waals surface area contributed by atoms with E-state index in [0.717, 1.165) is 0 Å². The Balaban J connectivity index is 2.97. The lowest BCUT2D eigenvalue weighted by Gasteiger charge is -2.12. The van der Waals surface area contributed by atoms with Crippen molar-refractivity contribution >= 4 is 11.9 Å². The molecule has 1 rings (SSSR count). The number of benzene rings is 1. The van der Waals surface area contributed by atoms with Crippen LogP contribution in [0.5, 0.6) is 5.75 Å². The van der Waals surface area contributed by atoms with E-state index < -0.39 is 12.1 Å². The van der Waals surface area contributed by atoms with E-state index in [1.54, 1.807) is 19.1 Å². The molecule has 0 aliphatic heterocycles. The molecular weight excluding hydrogens is 264 g/mol. The van der Waals surface area contributed by atoms with Crippen LogP contribution in [0, 0.1) is 0 Å². The van der Waals surface area contributed by atoms with Gasteiger partial charge >= 0.3 is 11.9 Å². The van der Waals surface area contributed by atoms with Crippen molar-refractivity contribution in [1.82, 2.24) is 0 Å². The minimum atomic E-state index is -1.62. The Hall–Kier alpha value is -2.08. The zero-order valence-corrected chi connectivity index (χ0v) is 11.5. The van der Waals surface area contributed by atoms with Gasteiger partial charge in [0.1, 0.15) is 5.75 Å². The molecule has 0 saturated carbocycles. The number of aryl methyl sites for hydroxylation is 1. The van der Waals surface area contributed by atoms with Crippen molar-refractivity contribution < 1.29 is 29.3 Å². The highest BCUT2D eigenvalue weighted by molar-refractivity contribution is 5.74. The van der Waals surface area contributed by atoms with Gasteiger partial charge in [-0.15, -0.1) is 0 Å². The van der Waals surface area contributed by atoms with Crippen LogP contribution >= 0.6 is 0 Å². The topological polar surface area (TPSA) is 93.1 Å². The lowest BCUT2D eigenvalue weighted by Crippen LogP contribution is -2.11. The molecule has 0 saturated heterocycles. The van der Waals surface area contributed by atoms with E-state index in [9.17, 15) is 14.7 Å². The van der Waals surface area contributed by atoms with Crippen molar-refractivity contribution in [3.8, 4) is 5.75 Å². The van der Waals surface area contributed by atoms with Gasteiger partial charge in [-0.05, 0) is 36.6 Å². The molecule has 2 N–H and O–H groups in total. The molecule has 0 fully saturated rings. The first-order chi connectivity index (χ1) is 9.47. The maximum Gasteiger partial charge on any atom is 0.337 e. The first kappa shape index (κ1) is 16.0. The average Bonchev–Trinajstić information content (AvgIpc) is 2.43. The number of rotatable bonds is 7. The summed E-state index contributed by atoms with van der Waals surface area (Å²) >= 11 is 0. The predicted octanol–water partition coefficient (Wildman–Crippen LogP) is 1.31. The Morgan fingerprint density at radius 2 is 2.00 bits per heavy atom. The van der Waals surface area contributed by atoms with Crippen LogP contribution < -0.4 is 4.74 Å². The lowest BCUT2D eigenvalue weighted by atomic mass is 10.0. The van der Waals surface area contributed by atoms with Gasteiger partial charge in [-0.2, -0.15) is 0 Å². The third kappa shape index (κ3) is 4.55. The molecule has 0 spiro atoms. The molecule has 6 nitrogen and oxygen atoms in total. The van der Waals surface area contributed by atoms with Crippen molar-refractivity contribution in [1.29, 1.82) is 0 Å². The number of carboxylic acid groups (broad SMARTS) is 1. The van der Waals surface area contributed by atoms with E-state index in [1.807, 2.05) is 0 Å². The molecule has 6 heteroatoms. The summed E-state index contributed by atoms with van der Waals surface area (Å²) in [5.74, 6) is -1.23. The molecule has 0 radical (unpaired) electrons. The molecule has 110 valence electrons. The van der Waals surface area contributed by atoms with Gasteiger partial charge in [-0.25, -0.2) is 4.79 Å². The summed E-state index contributed by atoms with van der Waals surface area (Å²) in [6.45, 7) is 2.22. The summed E-state index contributed by atoms with van der Waals surface area (Å²) in [4.78, 5) is 22.0. The number of carboxylic acids is 1. The van der Waals surface area contributed by atoms with Gasteiger partial charge in [0.25, 0.3) is 0 Å². The lowest BCUT2D eigenvalue weighted by molar-refractivity contribution is -0.147. The standard InChI is InChI=1S/C14H18O6/c1-3-20-11-7-9(4-5-12(15)19-2)6-10(8-11)13(16)14(17)18/h6-8,13,16H,3-5H2,1-2H3,(H,17,18). The Morgan fingerprint density at radius 1 is 1.30 bits per heavy atom. The van der Waals surface area contributed by atoms with E-state index >= 15 is 0 Å². The molecule has 0 aromatic heterocycles. The SMILES string of the molecule is CCOc1cc(CCC(=O)OC)cc(C(O)C(=O)O)c1. The van der Waals surface area contributed by atoms with Gasteiger partial charge in [0.15, 0.2) is 6.10 Å². The molecule has 0 aliphatic carbocycles. The van der Waals surface area contributed by atoms with Crippen molar-refractivity contribution in [3.05, 3.63) is 29.3 Å². The molecule has 0 aliphatic rings. The number of aliphatic carboxylic acids is 1. The average molecular weight is 282 g/mol. The number of methoxy groups -OCH3 is 1. The summed E-state index contributed by atoms with van der Waals surface area (Å²) in [5.41, 5.74) is 0.931. The molecule has 20 heavy (non-hydrogen) atoms. The molecule has 1 aromatic carbocycles. The summed E-state index contributed by atoms with van der Waals surface area (Å²) in [6.07, 6.45) is -1.06. The maximum absolute atomic E-state index is 11.1. The van der Waals surface area contributed by atoms with E-state index in [1.165, 1.54) is 13.2 Å². The van der Waals surface area contributed by atoms with E-state index in [4.69, 9.17) is 9.84 Å². The van der Waals surface area contributed by atoms with E-state index in [-0.39, 0.29) is 18.0 Å². The largest absolute Gasteiger partial charge is 0.494 e.